The average Bonchev–Trinajstić information content (AvgIpc) is 2.67. The number of ether oxygens (including phenoxy) is 1. The molecule has 10 heteroatoms. The quantitative estimate of drug-likeness (QED) is 0.122. The molecule has 0 saturated carbocycles. The number of phosphoric ester groups is 1. The summed E-state index contributed by atoms with van der Waals surface area (Å²) in [5, 5.41) is 0. The van der Waals surface area contributed by atoms with Crippen molar-refractivity contribution in [3.63, 3.8) is 0 Å². The number of thioether (sulfide) groups is 1. The third kappa shape index (κ3) is 26.3. The molecule has 0 aliphatic heterocycles. The SMILES string of the molecule is CCCCCCCCCCCCCCCCSCC(COP(=O)(O)O)OCC(F)(F)F. The van der Waals surface area contributed by atoms with Crippen LogP contribution in [0.1, 0.15) is 96.8 Å². The van der Waals surface area contributed by atoms with Gasteiger partial charge in [-0.3, -0.25) is 4.52 Å². The molecule has 188 valence electrons. The summed E-state index contributed by atoms with van der Waals surface area (Å²) in [5.74, 6) is 0.981. The van der Waals surface area contributed by atoms with Crippen LogP contribution in [-0.4, -0.2) is 46.8 Å². The normalized spacial score (nSPS) is 13.6. The summed E-state index contributed by atoms with van der Waals surface area (Å²) in [6, 6.07) is 0. The molecule has 5 nitrogen and oxygen atoms in total. The molecule has 0 aliphatic rings. The molecule has 0 saturated heterocycles. The second-order valence-electron chi connectivity index (χ2n) is 8.01. The Kier molecular flexibility index (Phi) is 19.8. The van der Waals surface area contributed by atoms with E-state index in [4.69, 9.17) is 14.5 Å². The van der Waals surface area contributed by atoms with Crippen molar-refractivity contribution in [2.24, 2.45) is 0 Å². The molecule has 1 atom stereocenters. The van der Waals surface area contributed by atoms with E-state index < -0.39 is 33.3 Å². The summed E-state index contributed by atoms with van der Waals surface area (Å²) < 4.78 is 56.7. The Labute approximate surface area is 190 Å². The largest absolute Gasteiger partial charge is 0.469 e. The van der Waals surface area contributed by atoms with Crippen molar-refractivity contribution in [1.82, 2.24) is 0 Å². The van der Waals surface area contributed by atoms with E-state index in [-0.39, 0.29) is 5.75 Å². The van der Waals surface area contributed by atoms with Crippen LogP contribution in [0.15, 0.2) is 0 Å². The van der Waals surface area contributed by atoms with Crippen LogP contribution in [0, 0.1) is 0 Å². The van der Waals surface area contributed by atoms with E-state index in [1.165, 1.54) is 82.4 Å². The van der Waals surface area contributed by atoms with E-state index in [9.17, 15) is 17.7 Å². The van der Waals surface area contributed by atoms with Crippen molar-refractivity contribution >= 4 is 19.6 Å². The first-order chi connectivity index (χ1) is 14.6. The Morgan fingerprint density at radius 1 is 0.839 bits per heavy atom. The van der Waals surface area contributed by atoms with E-state index in [1.807, 2.05) is 0 Å². The van der Waals surface area contributed by atoms with E-state index in [0.29, 0.717) is 0 Å². The summed E-state index contributed by atoms with van der Waals surface area (Å²) in [4.78, 5) is 17.4. The molecule has 1 unspecified atom stereocenters. The highest BCUT2D eigenvalue weighted by Gasteiger charge is 2.30. The van der Waals surface area contributed by atoms with Crippen LogP contribution < -0.4 is 0 Å². The Hall–Kier alpha value is 0.210. The molecule has 0 bridgehead atoms. The van der Waals surface area contributed by atoms with Gasteiger partial charge in [-0.25, -0.2) is 4.57 Å². The molecule has 0 heterocycles. The van der Waals surface area contributed by atoms with Gasteiger partial charge in [0.05, 0.1) is 12.7 Å². The van der Waals surface area contributed by atoms with Gasteiger partial charge in [-0.15, -0.1) is 0 Å². The maximum absolute atomic E-state index is 12.3. The molecule has 31 heavy (non-hydrogen) atoms. The van der Waals surface area contributed by atoms with Gasteiger partial charge in [0.15, 0.2) is 0 Å². The summed E-state index contributed by atoms with van der Waals surface area (Å²) in [6.07, 6.45) is 12.3. The lowest BCUT2D eigenvalue weighted by atomic mass is 10.0. The number of alkyl halides is 3. The first-order valence-electron chi connectivity index (χ1n) is 11.6. The van der Waals surface area contributed by atoms with Gasteiger partial charge in [-0.1, -0.05) is 90.4 Å². The number of phosphoric acid groups is 1. The van der Waals surface area contributed by atoms with E-state index in [2.05, 4.69) is 11.4 Å². The Morgan fingerprint density at radius 3 is 1.71 bits per heavy atom. The van der Waals surface area contributed by atoms with E-state index in [1.54, 1.807) is 0 Å². The highest BCUT2D eigenvalue weighted by Crippen LogP contribution is 2.36. The standard InChI is InChI=1S/C21H42F3O5PS/c1-2-3-4-5-6-7-8-9-10-11-12-13-14-15-16-31-18-20(17-29-30(25,26)27)28-19-21(22,23)24/h20H,2-19H2,1H3,(H2,25,26,27). The molecule has 0 amide bonds. The Morgan fingerprint density at radius 2 is 1.29 bits per heavy atom. The van der Waals surface area contributed by atoms with Gasteiger partial charge in [0, 0.05) is 5.75 Å². The first-order valence-corrected chi connectivity index (χ1v) is 14.3. The lowest BCUT2D eigenvalue weighted by molar-refractivity contribution is -0.185. The summed E-state index contributed by atoms with van der Waals surface area (Å²) in [6.45, 7) is 0.217. The van der Waals surface area contributed by atoms with Crippen LogP contribution in [0.5, 0.6) is 0 Å². The molecule has 0 aromatic rings. The molecule has 0 fully saturated rings. The zero-order valence-corrected chi connectivity index (χ0v) is 20.6. The zero-order chi connectivity index (χ0) is 23.4. The molecule has 0 aliphatic carbocycles. The lowest BCUT2D eigenvalue weighted by Gasteiger charge is -2.19. The zero-order valence-electron chi connectivity index (χ0n) is 18.9. The molecule has 0 rings (SSSR count). The average molecular weight is 495 g/mol. The van der Waals surface area contributed by atoms with Crippen molar-refractivity contribution < 1.29 is 36.8 Å². The molecule has 0 aromatic carbocycles. The minimum absolute atomic E-state index is 0.203. The molecule has 0 radical (unpaired) electrons. The van der Waals surface area contributed by atoms with Crippen LogP contribution in [0.3, 0.4) is 0 Å². The van der Waals surface area contributed by atoms with Gasteiger partial charge < -0.3 is 14.5 Å². The van der Waals surface area contributed by atoms with Gasteiger partial charge in [0.25, 0.3) is 0 Å². The van der Waals surface area contributed by atoms with Gasteiger partial charge in [0.2, 0.25) is 0 Å². The maximum atomic E-state index is 12.3. The summed E-state index contributed by atoms with van der Waals surface area (Å²) >= 11 is 1.42. The predicted octanol–water partition coefficient (Wildman–Crippen LogP) is 7.26. The van der Waals surface area contributed by atoms with Crippen LogP contribution >= 0.6 is 19.6 Å². The van der Waals surface area contributed by atoms with Gasteiger partial charge in [0.1, 0.15) is 6.61 Å². The highest BCUT2D eigenvalue weighted by molar-refractivity contribution is 7.99. The summed E-state index contributed by atoms with van der Waals surface area (Å²) in [5.41, 5.74) is 0. The number of hydrogen-bond acceptors (Lipinski definition) is 4. The molecule has 2 N–H and O–H groups in total. The molecule has 0 aromatic heterocycles. The third-order valence-corrected chi connectivity index (χ3v) is 6.53. The lowest BCUT2D eigenvalue weighted by Crippen LogP contribution is -2.28. The molecular weight excluding hydrogens is 452 g/mol. The smallest absolute Gasteiger partial charge is 0.366 e. The fourth-order valence-electron chi connectivity index (χ4n) is 3.15. The Balaban J connectivity index is 3.60. The molecule has 0 spiro atoms. The fraction of sp³-hybridized carbons (Fsp3) is 1.00. The number of hydrogen-bond donors (Lipinski definition) is 2. The first kappa shape index (κ1) is 31.2. The maximum Gasteiger partial charge on any atom is 0.469 e. The molecular formula is C21H42F3O5PS. The van der Waals surface area contributed by atoms with Crippen molar-refractivity contribution in [3.8, 4) is 0 Å². The van der Waals surface area contributed by atoms with Crippen LogP contribution in [0.4, 0.5) is 13.2 Å². The van der Waals surface area contributed by atoms with Crippen molar-refractivity contribution in [2.75, 3.05) is 24.7 Å². The van der Waals surface area contributed by atoms with Crippen molar-refractivity contribution in [3.05, 3.63) is 0 Å². The topological polar surface area (TPSA) is 76.0 Å². The summed E-state index contributed by atoms with van der Waals surface area (Å²) in [7, 11) is -4.73. The number of halogens is 3. The minimum atomic E-state index is -4.73. The van der Waals surface area contributed by atoms with E-state index in [0.717, 1.165) is 25.0 Å². The fourth-order valence-corrected chi connectivity index (χ4v) is 4.54. The number of unbranched alkanes of at least 4 members (excludes halogenated alkanes) is 13. The van der Waals surface area contributed by atoms with Gasteiger partial charge >= 0.3 is 14.0 Å². The van der Waals surface area contributed by atoms with Gasteiger partial charge in [-0.2, -0.15) is 24.9 Å². The minimum Gasteiger partial charge on any atom is -0.366 e. The van der Waals surface area contributed by atoms with Crippen LogP contribution in [-0.2, 0) is 13.8 Å². The van der Waals surface area contributed by atoms with Crippen LogP contribution in [0.25, 0.3) is 0 Å². The van der Waals surface area contributed by atoms with Crippen LogP contribution in [0.2, 0.25) is 0 Å². The second-order valence-corrected chi connectivity index (χ2v) is 10.4. The van der Waals surface area contributed by atoms with Crippen molar-refractivity contribution in [1.29, 1.82) is 0 Å². The van der Waals surface area contributed by atoms with E-state index >= 15 is 0 Å². The second kappa shape index (κ2) is 19.7. The van der Waals surface area contributed by atoms with Crippen molar-refractivity contribution in [2.45, 2.75) is 109 Å². The van der Waals surface area contributed by atoms with Gasteiger partial charge in [-0.05, 0) is 12.2 Å². The third-order valence-electron chi connectivity index (χ3n) is 4.86. The number of rotatable bonds is 22. The highest BCUT2D eigenvalue weighted by atomic mass is 32.2. The monoisotopic (exact) mass is 494 g/mol. The Bertz CT molecular complexity index is 449. The predicted molar refractivity (Wildman–Crippen MR) is 121 cm³/mol.